The van der Waals surface area contributed by atoms with Crippen molar-refractivity contribution in [1.29, 1.82) is 0 Å². The standard InChI is InChI=1S/C6H5O.C2H8N2.Na.2H3P/c7-6-4-2-1-3-5-6;3-1-2-4;;;/h1-4,7H;1-4H2;;2*1H3/q-1;;+1;;. The van der Waals surface area contributed by atoms with Crippen molar-refractivity contribution in [2.45, 2.75) is 0 Å². The van der Waals surface area contributed by atoms with Gasteiger partial charge in [0.1, 0.15) is 0 Å². The summed E-state index contributed by atoms with van der Waals surface area (Å²) in [6, 6.07) is 9.39. The molecule has 0 aromatic heterocycles. The Balaban J connectivity index is -0.0000000650. The normalized spacial score (nSPS) is 6.43. The second kappa shape index (κ2) is 19.4. The Kier molecular flexibility index (Phi) is 33.5. The quantitative estimate of drug-likeness (QED) is 0.284. The van der Waals surface area contributed by atoms with Crippen molar-refractivity contribution in [1.82, 2.24) is 0 Å². The maximum Gasteiger partial charge on any atom is 1.00 e. The molecule has 2 atom stereocenters. The smallest absolute Gasteiger partial charge is 0.534 e. The molecule has 0 aliphatic carbocycles. The van der Waals surface area contributed by atoms with Gasteiger partial charge in [0.25, 0.3) is 0 Å². The molecular formula is C8H19N2NaOP2. The third kappa shape index (κ3) is 18.6. The van der Waals surface area contributed by atoms with Crippen molar-refractivity contribution in [3.05, 3.63) is 30.3 Å². The number of para-hydroxylation sites is 1. The molecule has 0 saturated heterocycles. The van der Waals surface area contributed by atoms with E-state index in [1.54, 1.807) is 24.3 Å². The van der Waals surface area contributed by atoms with E-state index in [4.69, 9.17) is 16.6 Å². The first-order valence-electron chi connectivity index (χ1n) is 3.37. The molecule has 1 aromatic rings. The van der Waals surface area contributed by atoms with Gasteiger partial charge in [-0.2, -0.15) is 38.0 Å². The minimum Gasteiger partial charge on any atom is -0.534 e. The minimum atomic E-state index is 0. The minimum absolute atomic E-state index is 0. The van der Waals surface area contributed by atoms with E-state index in [9.17, 15) is 0 Å². The van der Waals surface area contributed by atoms with Crippen LogP contribution in [-0.2, 0) is 0 Å². The zero-order chi connectivity index (χ0) is 8.53. The molecule has 0 aliphatic rings. The zero-order valence-corrected chi connectivity index (χ0v) is 13.6. The van der Waals surface area contributed by atoms with Crippen LogP contribution >= 0.6 is 19.8 Å². The molecule has 0 bridgehead atoms. The fraction of sp³-hybridized carbons (Fsp3) is 0.250. The van der Waals surface area contributed by atoms with Crippen LogP contribution in [0.1, 0.15) is 0 Å². The van der Waals surface area contributed by atoms with Crippen molar-refractivity contribution < 1.29 is 34.7 Å². The van der Waals surface area contributed by atoms with Crippen molar-refractivity contribution in [2.75, 3.05) is 13.1 Å². The second-order valence-electron chi connectivity index (χ2n) is 1.83. The van der Waals surface area contributed by atoms with E-state index in [2.05, 4.69) is 6.07 Å². The summed E-state index contributed by atoms with van der Waals surface area (Å²) in [6.07, 6.45) is 0. The van der Waals surface area contributed by atoms with Gasteiger partial charge in [0.2, 0.25) is 0 Å². The van der Waals surface area contributed by atoms with Crippen LogP contribution in [-0.4, -0.2) is 18.2 Å². The molecule has 3 nitrogen and oxygen atoms in total. The molecule has 2 unspecified atom stereocenters. The third-order valence-corrected chi connectivity index (χ3v) is 0.859. The number of phenolic OH excluding ortho intramolecular Hbond substituents is 1. The molecule has 0 radical (unpaired) electrons. The molecule has 0 fully saturated rings. The molecule has 14 heavy (non-hydrogen) atoms. The number of aromatic hydroxyl groups is 1. The van der Waals surface area contributed by atoms with Crippen molar-refractivity contribution in [3.8, 4) is 5.75 Å². The topological polar surface area (TPSA) is 72.3 Å². The van der Waals surface area contributed by atoms with E-state index in [-0.39, 0.29) is 55.1 Å². The summed E-state index contributed by atoms with van der Waals surface area (Å²) in [6.45, 7) is 1.19. The summed E-state index contributed by atoms with van der Waals surface area (Å²) >= 11 is 0. The van der Waals surface area contributed by atoms with Gasteiger partial charge in [0.05, 0.1) is 0 Å². The Morgan fingerprint density at radius 2 is 1.64 bits per heavy atom. The molecule has 0 saturated carbocycles. The first kappa shape index (κ1) is 24.2. The summed E-state index contributed by atoms with van der Waals surface area (Å²) in [5.74, 6) is 0.197. The SMILES string of the molecule is NCCN.Oc1[c-]cccc1.P.P.[Na+]. The van der Waals surface area contributed by atoms with E-state index in [0.717, 1.165) is 0 Å². The van der Waals surface area contributed by atoms with Crippen molar-refractivity contribution >= 4 is 19.8 Å². The number of benzene rings is 1. The monoisotopic (exact) mass is 244 g/mol. The fourth-order valence-electron chi connectivity index (χ4n) is 0.384. The fourth-order valence-corrected chi connectivity index (χ4v) is 0.384. The molecule has 0 aliphatic heterocycles. The summed E-state index contributed by atoms with van der Waals surface area (Å²) in [5.41, 5.74) is 9.81. The molecular weight excluding hydrogens is 225 g/mol. The molecule has 78 valence electrons. The summed E-state index contributed by atoms with van der Waals surface area (Å²) in [4.78, 5) is 0. The number of hydrogen-bond donors (Lipinski definition) is 3. The van der Waals surface area contributed by atoms with Crippen LogP contribution in [0.15, 0.2) is 24.3 Å². The van der Waals surface area contributed by atoms with Crippen LogP contribution < -0.4 is 41.0 Å². The molecule has 0 amide bonds. The van der Waals surface area contributed by atoms with E-state index >= 15 is 0 Å². The Hall–Kier alpha value is 0.800. The van der Waals surface area contributed by atoms with Crippen LogP contribution in [0.5, 0.6) is 5.75 Å². The Morgan fingerprint density at radius 3 is 1.79 bits per heavy atom. The zero-order valence-electron chi connectivity index (χ0n) is 8.74. The van der Waals surface area contributed by atoms with Crippen LogP contribution in [0.3, 0.4) is 0 Å². The molecule has 0 spiro atoms. The van der Waals surface area contributed by atoms with Crippen LogP contribution in [0.4, 0.5) is 0 Å². The average molecular weight is 244 g/mol. The van der Waals surface area contributed by atoms with Crippen LogP contribution in [0, 0.1) is 6.07 Å². The predicted molar refractivity (Wildman–Crippen MR) is 67.3 cm³/mol. The van der Waals surface area contributed by atoms with Gasteiger partial charge in [-0.05, 0) is 0 Å². The van der Waals surface area contributed by atoms with E-state index < -0.39 is 0 Å². The van der Waals surface area contributed by atoms with Gasteiger partial charge < -0.3 is 16.6 Å². The Labute approximate surface area is 115 Å². The largest absolute Gasteiger partial charge is 1.00 e. The van der Waals surface area contributed by atoms with Gasteiger partial charge in [0, 0.05) is 18.8 Å². The third-order valence-electron chi connectivity index (χ3n) is 0.859. The first-order valence-corrected chi connectivity index (χ1v) is 3.37. The van der Waals surface area contributed by atoms with Gasteiger partial charge in [0.15, 0.2) is 0 Å². The van der Waals surface area contributed by atoms with Gasteiger partial charge >= 0.3 is 29.6 Å². The molecule has 0 heterocycles. The molecule has 6 heteroatoms. The van der Waals surface area contributed by atoms with Crippen molar-refractivity contribution in [3.63, 3.8) is 0 Å². The second-order valence-corrected chi connectivity index (χ2v) is 1.83. The number of phenols is 1. The summed E-state index contributed by atoms with van der Waals surface area (Å²) in [5, 5.41) is 8.58. The van der Waals surface area contributed by atoms with Gasteiger partial charge in [-0.25, -0.2) is 0 Å². The average Bonchev–Trinajstić information content (AvgIpc) is 2.07. The van der Waals surface area contributed by atoms with Gasteiger partial charge in [-0.15, -0.1) is 12.1 Å². The van der Waals surface area contributed by atoms with Gasteiger partial charge in [-0.3, -0.25) is 0 Å². The van der Waals surface area contributed by atoms with E-state index in [1.807, 2.05) is 0 Å². The number of hydrogen-bond acceptors (Lipinski definition) is 3. The Bertz CT molecular complexity index is 176. The predicted octanol–water partition coefficient (Wildman–Crippen LogP) is -2.78. The molecule has 5 N–H and O–H groups in total. The maximum atomic E-state index is 8.58. The Morgan fingerprint density at radius 1 is 1.14 bits per heavy atom. The van der Waals surface area contributed by atoms with Gasteiger partial charge in [-0.1, -0.05) is 0 Å². The summed E-state index contributed by atoms with van der Waals surface area (Å²) < 4.78 is 0. The molecule has 1 aromatic carbocycles. The molecule has 1 rings (SSSR count). The first-order chi connectivity index (χ1) is 5.31. The van der Waals surface area contributed by atoms with E-state index in [1.165, 1.54) is 0 Å². The summed E-state index contributed by atoms with van der Waals surface area (Å²) in [7, 11) is 0. The number of rotatable bonds is 1. The van der Waals surface area contributed by atoms with Crippen LogP contribution in [0.2, 0.25) is 0 Å². The van der Waals surface area contributed by atoms with E-state index in [0.29, 0.717) is 13.1 Å². The number of nitrogens with two attached hydrogens (primary N) is 2. The van der Waals surface area contributed by atoms with Crippen molar-refractivity contribution in [2.24, 2.45) is 11.5 Å². The van der Waals surface area contributed by atoms with Crippen LogP contribution in [0.25, 0.3) is 0 Å². The maximum absolute atomic E-state index is 8.58.